The van der Waals surface area contributed by atoms with E-state index in [1.165, 1.54) is 51.4 Å². The minimum absolute atomic E-state index is 0.102. The molecule has 1 N–H and O–H groups in total. The maximum atomic E-state index is 9.30. The molecule has 1 atom stereocenters. The molecule has 2 heteroatoms. The van der Waals surface area contributed by atoms with Gasteiger partial charge in [-0.3, -0.25) is 0 Å². The van der Waals surface area contributed by atoms with Crippen LogP contribution in [-0.2, 0) is 4.74 Å². The van der Waals surface area contributed by atoms with Gasteiger partial charge < -0.3 is 9.84 Å². The SMILES string of the molecule is CCCCC1(OCC(C)O)CCCCC1. The third-order valence-electron chi connectivity index (χ3n) is 3.38. The predicted octanol–water partition coefficient (Wildman–Crippen LogP) is 3.28. The Morgan fingerprint density at radius 1 is 1.27 bits per heavy atom. The van der Waals surface area contributed by atoms with Crippen molar-refractivity contribution in [3.63, 3.8) is 0 Å². The fourth-order valence-electron chi connectivity index (χ4n) is 2.46. The quantitative estimate of drug-likeness (QED) is 0.735. The van der Waals surface area contributed by atoms with Crippen LogP contribution in [0.5, 0.6) is 0 Å². The summed E-state index contributed by atoms with van der Waals surface area (Å²) >= 11 is 0. The highest BCUT2D eigenvalue weighted by molar-refractivity contribution is 4.84. The maximum Gasteiger partial charge on any atom is 0.0745 e. The lowest BCUT2D eigenvalue weighted by atomic mass is 9.81. The van der Waals surface area contributed by atoms with E-state index in [0.717, 1.165) is 0 Å². The van der Waals surface area contributed by atoms with Crippen LogP contribution in [0.3, 0.4) is 0 Å². The van der Waals surface area contributed by atoms with E-state index in [4.69, 9.17) is 4.74 Å². The summed E-state index contributed by atoms with van der Waals surface area (Å²) < 4.78 is 5.98. The molecule has 1 saturated carbocycles. The van der Waals surface area contributed by atoms with Gasteiger partial charge in [-0.1, -0.05) is 39.0 Å². The topological polar surface area (TPSA) is 29.5 Å². The number of hydrogen-bond acceptors (Lipinski definition) is 2. The van der Waals surface area contributed by atoms with E-state index >= 15 is 0 Å². The minimum atomic E-state index is -0.328. The summed E-state index contributed by atoms with van der Waals surface area (Å²) in [5, 5.41) is 9.30. The van der Waals surface area contributed by atoms with E-state index in [1.54, 1.807) is 6.92 Å². The number of aliphatic hydroxyl groups is 1. The highest BCUT2D eigenvalue weighted by atomic mass is 16.5. The zero-order valence-corrected chi connectivity index (χ0v) is 10.3. The Balaban J connectivity index is 2.42. The number of unbranched alkanes of at least 4 members (excludes halogenated alkanes) is 1. The van der Waals surface area contributed by atoms with Gasteiger partial charge >= 0.3 is 0 Å². The zero-order valence-electron chi connectivity index (χ0n) is 10.3. The molecule has 0 amide bonds. The van der Waals surface area contributed by atoms with Gasteiger partial charge in [0.15, 0.2) is 0 Å². The first-order valence-corrected chi connectivity index (χ1v) is 6.50. The molecule has 0 spiro atoms. The van der Waals surface area contributed by atoms with Gasteiger partial charge in [0.05, 0.1) is 18.3 Å². The first kappa shape index (κ1) is 13.0. The number of rotatable bonds is 6. The van der Waals surface area contributed by atoms with Gasteiger partial charge in [0.25, 0.3) is 0 Å². The van der Waals surface area contributed by atoms with Crippen LogP contribution in [0.4, 0.5) is 0 Å². The van der Waals surface area contributed by atoms with Gasteiger partial charge in [0.1, 0.15) is 0 Å². The molecule has 1 rings (SSSR count). The molecule has 0 saturated heterocycles. The second-order valence-electron chi connectivity index (χ2n) is 5.01. The maximum absolute atomic E-state index is 9.30. The van der Waals surface area contributed by atoms with Crippen molar-refractivity contribution in [1.82, 2.24) is 0 Å². The summed E-state index contributed by atoms with van der Waals surface area (Å²) in [5.74, 6) is 0. The summed E-state index contributed by atoms with van der Waals surface area (Å²) in [6, 6.07) is 0. The Labute approximate surface area is 94.0 Å². The predicted molar refractivity (Wildman–Crippen MR) is 63.0 cm³/mol. The molecule has 1 aliphatic rings. The van der Waals surface area contributed by atoms with E-state index < -0.39 is 0 Å². The van der Waals surface area contributed by atoms with E-state index in [1.807, 2.05) is 0 Å². The van der Waals surface area contributed by atoms with Gasteiger partial charge in [-0.25, -0.2) is 0 Å². The average Bonchev–Trinajstić information content (AvgIpc) is 2.25. The molecule has 0 heterocycles. The first-order chi connectivity index (χ1) is 7.18. The van der Waals surface area contributed by atoms with E-state index in [2.05, 4.69) is 6.92 Å². The molecule has 1 unspecified atom stereocenters. The highest BCUT2D eigenvalue weighted by Gasteiger charge is 2.32. The van der Waals surface area contributed by atoms with Crippen LogP contribution in [0.15, 0.2) is 0 Å². The molecule has 1 aliphatic carbocycles. The Morgan fingerprint density at radius 2 is 1.93 bits per heavy atom. The molecule has 0 bridgehead atoms. The van der Waals surface area contributed by atoms with E-state index in [9.17, 15) is 5.11 Å². The van der Waals surface area contributed by atoms with Gasteiger partial charge in [-0.05, 0) is 26.2 Å². The van der Waals surface area contributed by atoms with Crippen LogP contribution >= 0.6 is 0 Å². The van der Waals surface area contributed by atoms with Crippen LogP contribution < -0.4 is 0 Å². The molecule has 15 heavy (non-hydrogen) atoms. The Kier molecular flexibility index (Phi) is 5.62. The molecule has 0 aliphatic heterocycles. The van der Waals surface area contributed by atoms with Gasteiger partial charge in [0, 0.05) is 0 Å². The summed E-state index contributed by atoms with van der Waals surface area (Å²) in [6.45, 7) is 4.53. The standard InChI is InChI=1S/C13H26O2/c1-3-4-8-13(15-11-12(2)14)9-6-5-7-10-13/h12,14H,3-11H2,1-2H3. The lowest BCUT2D eigenvalue weighted by Crippen LogP contribution is -2.37. The number of hydrogen-bond donors (Lipinski definition) is 1. The van der Waals surface area contributed by atoms with Crippen molar-refractivity contribution < 1.29 is 9.84 Å². The average molecular weight is 214 g/mol. The number of ether oxygens (including phenoxy) is 1. The van der Waals surface area contributed by atoms with Gasteiger partial charge in [-0.15, -0.1) is 0 Å². The van der Waals surface area contributed by atoms with Crippen LogP contribution in [0, 0.1) is 0 Å². The largest absolute Gasteiger partial charge is 0.391 e. The molecular formula is C13H26O2. The van der Waals surface area contributed by atoms with Crippen LogP contribution in [0.2, 0.25) is 0 Å². The second kappa shape index (κ2) is 6.49. The van der Waals surface area contributed by atoms with Gasteiger partial charge in [-0.2, -0.15) is 0 Å². The molecular weight excluding hydrogens is 188 g/mol. The molecule has 90 valence electrons. The fraction of sp³-hybridized carbons (Fsp3) is 1.00. The van der Waals surface area contributed by atoms with Crippen LogP contribution in [0.1, 0.15) is 65.2 Å². The molecule has 1 fully saturated rings. The van der Waals surface area contributed by atoms with Crippen molar-refractivity contribution >= 4 is 0 Å². The summed E-state index contributed by atoms with van der Waals surface area (Å²) in [6.07, 6.45) is 9.67. The summed E-state index contributed by atoms with van der Waals surface area (Å²) in [5.41, 5.74) is 0.102. The third-order valence-corrected chi connectivity index (χ3v) is 3.38. The smallest absolute Gasteiger partial charge is 0.0745 e. The Morgan fingerprint density at radius 3 is 2.47 bits per heavy atom. The van der Waals surface area contributed by atoms with Crippen LogP contribution in [0.25, 0.3) is 0 Å². The molecule has 0 radical (unpaired) electrons. The van der Waals surface area contributed by atoms with Crippen molar-refractivity contribution in [3.8, 4) is 0 Å². The molecule has 0 aromatic carbocycles. The van der Waals surface area contributed by atoms with Crippen molar-refractivity contribution in [2.45, 2.75) is 76.9 Å². The minimum Gasteiger partial charge on any atom is -0.391 e. The molecule has 2 nitrogen and oxygen atoms in total. The summed E-state index contributed by atoms with van der Waals surface area (Å²) in [4.78, 5) is 0. The van der Waals surface area contributed by atoms with Crippen molar-refractivity contribution in [2.75, 3.05) is 6.61 Å². The lowest BCUT2D eigenvalue weighted by Gasteiger charge is -2.38. The first-order valence-electron chi connectivity index (χ1n) is 6.50. The van der Waals surface area contributed by atoms with E-state index in [0.29, 0.717) is 6.61 Å². The number of aliphatic hydroxyl groups excluding tert-OH is 1. The molecule has 0 aromatic rings. The van der Waals surface area contributed by atoms with E-state index in [-0.39, 0.29) is 11.7 Å². The third kappa shape index (κ3) is 4.52. The monoisotopic (exact) mass is 214 g/mol. The Hall–Kier alpha value is -0.0800. The highest BCUT2D eigenvalue weighted by Crippen LogP contribution is 2.35. The van der Waals surface area contributed by atoms with Crippen LogP contribution in [-0.4, -0.2) is 23.4 Å². The zero-order chi connectivity index (χ0) is 11.1. The Bertz CT molecular complexity index is 160. The van der Waals surface area contributed by atoms with Crippen molar-refractivity contribution in [2.24, 2.45) is 0 Å². The summed E-state index contributed by atoms with van der Waals surface area (Å²) in [7, 11) is 0. The van der Waals surface area contributed by atoms with Gasteiger partial charge in [0.2, 0.25) is 0 Å². The second-order valence-corrected chi connectivity index (χ2v) is 5.01. The normalized spacial score (nSPS) is 22.6. The lowest BCUT2D eigenvalue weighted by molar-refractivity contribution is -0.101. The van der Waals surface area contributed by atoms with Crippen molar-refractivity contribution in [1.29, 1.82) is 0 Å². The molecule has 0 aromatic heterocycles. The van der Waals surface area contributed by atoms with Crippen molar-refractivity contribution in [3.05, 3.63) is 0 Å². The fourth-order valence-corrected chi connectivity index (χ4v) is 2.46.